The van der Waals surface area contributed by atoms with Gasteiger partial charge in [0.1, 0.15) is 0 Å². The third-order valence-corrected chi connectivity index (χ3v) is 1.58. The lowest BCUT2D eigenvalue weighted by Crippen LogP contribution is -1.92. The molecule has 0 atom stereocenters. The molecule has 0 aliphatic heterocycles. The van der Waals surface area contributed by atoms with E-state index in [-0.39, 0.29) is 5.57 Å². The molecular weight excluding hydrogens is 220 g/mol. The highest BCUT2D eigenvalue weighted by Gasteiger charge is 1.90. The van der Waals surface area contributed by atoms with Crippen LogP contribution in [0.25, 0.3) is 6.08 Å². The molecule has 89 valence electrons. The van der Waals surface area contributed by atoms with Gasteiger partial charge in [0.15, 0.2) is 0 Å². The summed E-state index contributed by atoms with van der Waals surface area (Å²) in [6, 6.07) is 9.19. The van der Waals surface area contributed by atoms with Gasteiger partial charge in [0.25, 0.3) is 0 Å². The third-order valence-electron chi connectivity index (χ3n) is 1.58. The molecule has 1 aromatic carbocycles. The molecule has 17 heavy (non-hydrogen) atoms. The first kappa shape index (κ1) is 14.6. The van der Waals surface area contributed by atoms with Crippen molar-refractivity contribution >= 4 is 18.0 Å². The van der Waals surface area contributed by atoms with E-state index in [4.69, 9.17) is 5.11 Å². The van der Waals surface area contributed by atoms with Gasteiger partial charge < -0.3 is 5.11 Å². The summed E-state index contributed by atoms with van der Waals surface area (Å²) in [5.74, 6) is -2.11. The Kier molecular flexibility index (Phi) is 6.78. The van der Waals surface area contributed by atoms with Crippen molar-refractivity contribution in [1.82, 2.24) is 0 Å². The summed E-state index contributed by atoms with van der Waals surface area (Å²) >= 11 is 0. The van der Waals surface area contributed by atoms with E-state index in [0.717, 1.165) is 11.6 Å². The Morgan fingerprint density at radius 1 is 1.24 bits per heavy atom. The zero-order valence-corrected chi connectivity index (χ0v) is 9.42. The lowest BCUT2D eigenvalue weighted by molar-refractivity contribution is -0.137. The Morgan fingerprint density at radius 2 is 1.71 bits per heavy atom. The number of hydrogen-bond acceptors (Lipinski definition) is 2. The van der Waals surface area contributed by atoms with Crippen molar-refractivity contribution in [2.75, 3.05) is 0 Å². The number of carbonyl (C=O) groups is 2. The maximum atomic E-state index is 9.97. The number of rotatable bonds is 3. The van der Waals surface area contributed by atoms with Crippen molar-refractivity contribution in [2.24, 2.45) is 0 Å². The SMILES string of the molecule is C=C(C)C(=O)O.[O]C(=O)C=Cc1ccccc1. The van der Waals surface area contributed by atoms with Crippen molar-refractivity contribution in [3.8, 4) is 0 Å². The van der Waals surface area contributed by atoms with Crippen LogP contribution < -0.4 is 0 Å². The first-order valence-corrected chi connectivity index (χ1v) is 4.76. The summed E-state index contributed by atoms with van der Waals surface area (Å²) < 4.78 is 0. The van der Waals surface area contributed by atoms with E-state index >= 15 is 0 Å². The molecule has 0 amide bonds. The molecule has 0 unspecified atom stereocenters. The van der Waals surface area contributed by atoms with Crippen LogP contribution in [-0.2, 0) is 14.7 Å². The molecule has 0 heterocycles. The van der Waals surface area contributed by atoms with Gasteiger partial charge in [-0.1, -0.05) is 36.9 Å². The Bertz CT molecular complexity index is 406. The van der Waals surface area contributed by atoms with Crippen molar-refractivity contribution in [2.45, 2.75) is 6.92 Å². The van der Waals surface area contributed by atoms with Crippen LogP contribution in [0.5, 0.6) is 0 Å². The van der Waals surface area contributed by atoms with Crippen LogP contribution in [0.3, 0.4) is 0 Å². The minimum Gasteiger partial charge on any atom is -0.478 e. The zero-order valence-electron chi connectivity index (χ0n) is 9.42. The number of aliphatic carboxylic acids is 1. The van der Waals surface area contributed by atoms with Crippen LogP contribution in [0.1, 0.15) is 12.5 Å². The van der Waals surface area contributed by atoms with Crippen LogP contribution >= 0.6 is 0 Å². The largest absolute Gasteiger partial charge is 0.478 e. The summed E-state index contributed by atoms with van der Waals surface area (Å²) in [5.41, 5.74) is 1.03. The van der Waals surface area contributed by atoms with Crippen LogP contribution in [0.15, 0.2) is 48.6 Å². The van der Waals surface area contributed by atoms with Gasteiger partial charge in [-0.25, -0.2) is 14.7 Å². The number of benzene rings is 1. The fourth-order valence-corrected chi connectivity index (χ4v) is 0.728. The highest BCUT2D eigenvalue weighted by atomic mass is 16.4. The zero-order chi connectivity index (χ0) is 13.3. The molecule has 1 aromatic rings. The number of carboxylic acid groups (broad SMARTS) is 1. The van der Waals surface area contributed by atoms with E-state index in [9.17, 15) is 14.7 Å². The van der Waals surface area contributed by atoms with E-state index in [2.05, 4.69) is 6.58 Å². The molecule has 0 saturated carbocycles. The minimum absolute atomic E-state index is 0.176. The van der Waals surface area contributed by atoms with Gasteiger partial charge in [-0.15, -0.1) is 0 Å². The van der Waals surface area contributed by atoms with E-state index in [1.54, 1.807) is 0 Å². The molecule has 0 aliphatic carbocycles. The quantitative estimate of drug-likeness (QED) is 0.814. The monoisotopic (exact) mass is 233 g/mol. The maximum absolute atomic E-state index is 9.97. The molecule has 1 rings (SSSR count). The molecule has 1 radical (unpaired) electrons. The van der Waals surface area contributed by atoms with E-state index < -0.39 is 11.9 Å². The Labute approximate surface area is 99.5 Å². The highest BCUT2D eigenvalue weighted by molar-refractivity contribution is 5.85. The number of hydrogen-bond donors (Lipinski definition) is 1. The Morgan fingerprint density at radius 3 is 2.06 bits per heavy atom. The molecule has 1 N–H and O–H groups in total. The van der Waals surface area contributed by atoms with E-state index in [0.29, 0.717) is 0 Å². The summed E-state index contributed by atoms with van der Waals surface area (Å²) in [4.78, 5) is 19.6. The molecule has 0 bridgehead atoms. The van der Waals surface area contributed by atoms with Crippen LogP contribution in [0.4, 0.5) is 0 Å². The summed E-state index contributed by atoms with van der Waals surface area (Å²) in [6.07, 6.45) is 2.50. The molecule has 4 heteroatoms. The van der Waals surface area contributed by atoms with E-state index in [1.807, 2.05) is 30.3 Å². The second-order valence-electron chi connectivity index (χ2n) is 3.15. The smallest absolute Gasteiger partial charge is 0.379 e. The van der Waals surface area contributed by atoms with Crippen molar-refractivity contribution < 1.29 is 19.8 Å². The lowest BCUT2D eigenvalue weighted by atomic mass is 10.2. The van der Waals surface area contributed by atoms with Crippen molar-refractivity contribution in [3.63, 3.8) is 0 Å². The number of carbonyl (C=O) groups excluding carboxylic acids is 1. The van der Waals surface area contributed by atoms with Gasteiger partial charge in [-0.05, 0) is 18.6 Å². The molecular formula is C13H13O4. The fourth-order valence-electron chi connectivity index (χ4n) is 0.728. The van der Waals surface area contributed by atoms with Gasteiger partial charge >= 0.3 is 11.9 Å². The molecule has 0 aromatic heterocycles. The van der Waals surface area contributed by atoms with Crippen molar-refractivity contribution in [3.05, 3.63) is 54.1 Å². The Balaban J connectivity index is 0.000000366. The number of carboxylic acids is 1. The first-order chi connectivity index (χ1) is 7.93. The fraction of sp³-hybridized carbons (Fsp3) is 0.0769. The van der Waals surface area contributed by atoms with E-state index in [1.165, 1.54) is 13.0 Å². The Hall–Kier alpha value is -2.36. The molecule has 0 saturated heterocycles. The van der Waals surface area contributed by atoms with Crippen molar-refractivity contribution in [1.29, 1.82) is 0 Å². The average Bonchev–Trinajstić information content (AvgIpc) is 2.28. The minimum atomic E-state index is -1.17. The second-order valence-corrected chi connectivity index (χ2v) is 3.15. The summed E-state index contributed by atoms with van der Waals surface area (Å²) in [7, 11) is 0. The highest BCUT2D eigenvalue weighted by Crippen LogP contribution is 1.99. The molecule has 0 fully saturated rings. The van der Waals surface area contributed by atoms with Gasteiger partial charge in [0.2, 0.25) is 0 Å². The molecule has 0 aliphatic rings. The average molecular weight is 233 g/mol. The summed E-state index contributed by atoms with van der Waals surface area (Å²) in [6.45, 7) is 4.60. The molecule has 0 spiro atoms. The van der Waals surface area contributed by atoms with Crippen LogP contribution in [0.2, 0.25) is 0 Å². The topological polar surface area (TPSA) is 74.3 Å². The molecule has 4 nitrogen and oxygen atoms in total. The van der Waals surface area contributed by atoms with Gasteiger partial charge in [0, 0.05) is 11.6 Å². The van der Waals surface area contributed by atoms with Gasteiger partial charge in [-0.3, -0.25) is 0 Å². The second kappa shape index (κ2) is 7.87. The summed E-state index contributed by atoms with van der Waals surface area (Å²) in [5, 5.41) is 17.9. The maximum Gasteiger partial charge on any atom is 0.379 e. The standard InChI is InChI=1S/C9H7O2.C4H6O2/c10-9(11)7-6-8-4-2-1-3-5-8;1-3(2)4(5)6/h1-7H;1H2,2H3,(H,5,6). The lowest BCUT2D eigenvalue weighted by Gasteiger charge is -1.87. The van der Waals surface area contributed by atoms with Crippen LogP contribution in [-0.4, -0.2) is 17.0 Å². The first-order valence-electron chi connectivity index (χ1n) is 4.76. The third kappa shape index (κ3) is 8.62. The predicted octanol–water partition coefficient (Wildman–Crippen LogP) is 2.30. The van der Waals surface area contributed by atoms with Crippen LogP contribution in [0, 0.1) is 0 Å². The van der Waals surface area contributed by atoms with Gasteiger partial charge in [-0.2, -0.15) is 0 Å². The van der Waals surface area contributed by atoms with Gasteiger partial charge in [0.05, 0.1) is 0 Å². The normalized spacial score (nSPS) is 9.24. The predicted molar refractivity (Wildman–Crippen MR) is 63.6 cm³/mol.